The fraction of sp³-hybridized carbons (Fsp3) is 0.316. The summed E-state index contributed by atoms with van der Waals surface area (Å²) in [6.45, 7) is 0.0598. The average Bonchev–Trinajstić information content (AvgIpc) is 2.86. The Morgan fingerprint density at radius 1 is 1.11 bits per heavy atom. The van der Waals surface area contributed by atoms with Crippen molar-refractivity contribution >= 4 is 27.5 Å². The smallest absolute Gasteiger partial charge is 0.244 e. The van der Waals surface area contributed by atoms with Gasteiger partial charge in [-0.2, -0.15) is 4.31 Å². The van der Waals surface area contributed by atoms with Gasteiger partial charge in [0.05, 0.1) is 4.90 Å². The molecule has 1 heterocycles. The number of nitrogens with zero attached hydrogens (tertiary/aromatic N) is 1. The lowest BCUT2D eigenvalue weighted by Crippen LogP contribution is -2.48. The SMILES string of the molecule is O=C1NCCCC[C@H]1N(Cc1ccc(F)cc1F)S(=O)(=O)c1ccc(Cl)cc1. The summed E-state index contributed by atoms with van der Waals surface area (Å²) in [5.41, 5.74) is -0.0176. The van der Waals surface area contributed by atoms with Crippen LogP contribution in [0.2, 0.25) is 5.02 Å². The van der Waals surface area contributed by atoms with E-state index in [1.54, 1.807) is 0 Å². The van der Waals surface area contributed by atoms with Crippen LogP contribution in [0.4, 0.5) is 8.78 Å². The number of hydrogen-bond donors (Lipinski definition) is 1. The lowest BCUT2D eigenvalue weighted by Gasteiger charge is -2.29. The molecule has 0 spiro atoms. The van der Waals surface area contributed by atoms with Crippen LogP contribution in [0.25, 0.3) is 0 Å². The Balaban J connectivity index is 2.05. The third kappa shape index (κ3) is 4.51. The predicted molar refractivity (Wildman–Crippen MR) is 101 cm³/mol. The molecule has 1 aliphatic rings. The first-order chi connectivity index (χ1) is 13.3. The van der Waals surface area contributed by atoms with Gasteiger partial charge in [-0.15, -0.1) is 0 Å². The molecule has 0 aliphatic carbocycles. The first-order valence-corrected chi connectivity index (χ1v) is 10.6. The van der Waals surface area contributed by atoms with Gasteiger partial charge in [0.15, 0.2) is 0 Å². The fourth-order valence-corrected chi connectivity index (χ4v) is 4.84. The summed E-state index contributed by atoms with van der Waals surface area (Å²) >= 11 is 5.84. The summed E-state index contributed by atoms with van der Waals surface area (Å²) in [4.78, 5) is 12.5. The van der Waals surface area contributed by atoms with Crippen LogP contribution in [0.15, 0.2) is 47.4 Å². The summed E-state index contributed by atoms with van der Waals surface area (Å²) in [5, 5.41) is 3.06. The molecule has 150 valence electrons. The third-order valence-electron chi connectivity index (χ3n) is 4.62. The normalized spacial score (nSPS) is 18.0. The molecule has 0 saturated carbocycles. The maximum absolute atomic E-state index is 14.2. The van der Waals surface area contributed by atoms with E-state index in [0.717, 1.165) is 16.8 Å². The molecule has 2 aromatic carbocycles. The monoisotopic (exact) mass is 428 g/mol. The molecule has 0 aromatic heterocycles. The number of hydrogen-bond acceptors (Lipinski definition) is 3. The zero-order valence-corrected chi connectivity index (χ0v) is 16.4. The average molecular weight is 429 g/mol. The first kappa shape index (κ1) is 20.7. The van der Waals surface area contributed by atoms with Crippen molar-refractivity contribution in [2.45, 2.75) is 36.7 Å². The molecule has 0 bridgehead atoms. The highest BCUT2D eigenvalue weighted by molar-refractivity contribution is 7.89. The Morgan fingerprint density at radius 3 is 2.50 bits per heavy atom. The molecule has 0 radical (unpaired) electrons. The molecule has 1 aliphatic heterocycles. The molecule has 1 atom stereocenters. The van der Waals surface area contributed by atoms with Crippen LogP contribution < -0.4 is 5.32 Å². The van der Waals surface area contributed by atoms with Gasteiger partial charge in [0, 0.05) is 29.7 Å². The van der Waals surface area contributed by atoms with Crippen LogP contribution in [0.5, 0.6) is 0 Å². The lowest BCUT2D eigenvalue weighted by molar-refractivity contribution is -0.124. The number of carbonyl (C=O) groups is 1. The maximum Gasteiger partial charge on any atom is 0.244 e. The molecule has 1 amide bonds. The Kier molecular flexibility index (Phi) is 6.32. The molecule has 1 N–H and O–H groups in total. The number of amides is 1. The van der Waals surface area contributed by atoms with Gasteiger partial charge in [-0.05, 0) is 49.6 Å². The van der Waals surface area contributed by atoms with Crippen LogP contribution in [-0.4, -0.2) is 31.2 Å². The van der Waals surface area contributed by atoms with E-state index in [9.17, 15) is 22.0 Å². The molecule has 3 rings (SSSR count). The Bertz CT molecular complexity index is 968. The van der Waals surface area contributed by atoms with Crippen LogP contribution in [0, 0.1) is 11.6 Å². The maximum atomic E-state index is 14.2. The van der Waals surface area contributed by atoms with E-state index in [-0.39, 0.29) is 10.5 Å². The largest absolute Gasteiger partial charge is 0.355 e. The van der Waals surface area contributed by atoms with Crippen molar-refractivity contribution in [1.29, 1.82) is 0 Å². The van der Waals surface area contributed by atoms with Crippen LogP contribution in [0.3, 0.4) is 0 Å². The molecule has 0 unspecified atom stereocenters. The fourth-order valence-electron chi connectivity index (χ4n) is 3.12. The van der Waals surface area contributed by atoms with Gasteiger partial charge in [0.1, 0.15) is 17.7 Å². The van der Waals surface area contributed by atoms with Crippen molar-refractivity contribution in [3.8, 4) is 0 Å². The van der Waals surface area contributed by atoms with E-state index in [2.05, 4.69) is 5.32 Å². The van der Waals surface area contributed by atoms with Crippen molar-refractivity contribution in [3.63, 3.8) is 0 Å². The predicted octanol–water partition coefficient (Wildman–Crippen LogP) is 3.48. The van der Waals surface area contributed by atoms with Gasteiger partial charge < -0.3 is 5.32 Å². The summed E-state index contributed by atoms with van der Waals surface area (Å²) in [7, 11) is -4.14. The number of nitrogens with one attached hydrogen (secondary N) is 1. The van der Waals surface area contributed by atoms with Gasteiger partial charge in [0.2, 0.25) is 15.9 Å². The van der Waals surface area contributed by atoms with Gasteiger partial charge in [-0.1, -0.05) is 17.7 Å². The lowest BCUT2D eigenvalue weighted by atomic mass is 10.1. The molecule has 1 saturated heterocycles. The number of halogens is 3. The van der Waals surface area contributed by atoms with E-state index in [0.29, 0.717) is 30.5 Å². The van der Waals surface area contributed by atoms with E-state index < -0.39 is 40.2 Å². The molecular formula is C19H19ClF2N2O3S. The summed E-state index contributed by atoms with van der Waals surface area (Å²) < 4.78 is 55.0. The number of sulfonamides is 1. The molecular weight excluding hydrogens is 410 g/mol. The number of carbonyl (C=O) groups excluding carboxylic acids is 1. The Labute approximate surface area is 167 Å². The van der Waals surface area contributed by atoms with Crippen LogP contribution in [0.1, 0.15) is 24.8 Å². The van der Waals surface area contributed by atoms with Gasteiger partial charge >= 0.3 is 0 Å². The highest BCUT2D eigenvalue weighted by Gasteiger charge is 2.37. The Morgan fingerprint density at radius 2 is 1.82 bits per heavy atom. The van der Waals surface area contributed by atoms with Crippen LogP contribution in [-0.2, 0) is 21.4 Å². The van der Waals surface area contributed by atoms with Gasteiger partial charge in [0.25, 0.3) is 0 Å². The first-order valence-electron chi connectivity index (χ1n) is 8.78. The molecule has 9 heteroatoms. The number of benzene rings is 2. The van der Waals surface area contributed by atoms with Crippen molar-refractivity contribution in [1.82, 2.24) is 9.62 Å². The summed E-state index contributed by atoms with van der Waals surface area (Å²) in [6, 6.07) is 7.46. The highest BCUT2D eigenvalue weighted by Crippen LogP contribution is 2.26. The van der Waals surface area contributed by atoms with Gasteiger partial charge in [-0.3, -0.25) is 4.79 Å². The molecule has 1 fully saturated rings. The molecule has 5 nitrogen and oxygen atoms in total. The second-order valence-electron chi connectivity index (χ2n) is 6.54. The van der Waals surface area contributed by atoms with E-state index in [1.807, 2.05) is 0 Å². The van der Waals surface area contributed by atoms with E-state index in [4.69, 9.17) is 11.6 Å². The third-order valence-corrected chi connectivity index (χ3v) is 6.74. The quantitative estimate of drug-likeness (QED) is 0.792. The van der Waals surface area contributed by atoms with Gasteiger partial charge in [-0.25, -0.2) is 17.2 Å². The second kappa shape index (κ2) is 8.55. The standard InChI is InChI=1S/C19H19ClF2N2O3S/c20-14-5-8-16(9-6-14)28(26,27)24(18-3-1-2-10-23-19(18)25)12-13-4-7-15(21)11-17(13)22/h4-9,11,18H,1-3,10,12H2,(H,23,25)/t18-/m1/s1. The molecule has 2 aromatic rings. The van der Waals surface area contributed by atoms with E-state index >= 15 is 0 Å². The zero-order valence-electron chi connectivity index (χ0n) is 14.9. The minimum atomic E-state index is -4.14. The van der Waals surface area contributed by atoms with Crippen LogP contribution >= 0.6 is 11.6 Å². The minimum Gasteiger partial charge on any atom is -0.355 e. The zero-order chi connectivity index (χ0) is 20.3. The Hall–Kier alpha value is -2.03. The van der Waals surface area contributed by atoms with E-state index in [1.165, 1.54) is 30.3 Å². The van der Waals surface area contributed by atoms with Crippen molar-refractivity contribution in [3.05, 3.63) is 64.7 Å². The van der Waals surface area contributed by atoms with Crippen molar-refractivity contribution in [2.75, 3.05) is 6.54 Å². The van der Waals surface area contributed by atoms with Crippen molar-refractivity contribution < 1.29 is 22.0 Å². The molecule has 28 heavy (non-hydrogen) atoms. The summed E-state index contributed by atoms with van der Waals surface area (Å²) in [6.07, 6.45) is 1.67. The minimum absolute atomic E-state index is 0.0176. The topological polar surface area (TPSA) is 66.5 Å². The summed E-state index contributed by atoms with van der Waals surface area (Å²) in [5.74, 6) is -2.07. The number of rotatable bonds is 5. The second-order valence-corrected chi connectivity index (χ2v) is 8.87. The highest BCUT2D eigenvalue weighted by atomic mass is 35.5. The van der Waals surface area contributed by atoms with Crippen molar-refractivity contribution in [2.24, 2.45) is 0 Å².